The lowest BCUT2D eigenvalue weighted by atomic mass is 10.1. The monoisotopic (exact) mass is 412 g/mol. The van der Waals surface area contributed by atoms with Crippen LogP contribution < -0.4 is 4.90 Å². The minimum absolute atomic E-state index is 0.0202. The Kier molecular flexibility index (Phi) is 5.18. The van der Waals surface area contributed by atoms with Crippen LogP contribution in [0.15, 0.2) is 18.3 Å². The quantitative estimate of drug-likeness (QED) is 0.703. The van der Waals surface area contributed by atoms with E-state index in [1.54, 1.807) is 4.68 Å². The van der Waals surface area contributed by atoms with E-state index in [1.165, 1.54) is 0 Å². The Morgan fingerprint density at radius 3 is 2.90 bits per heavy atom. The van der Waals surface area contributed by atoms with Crippen molar-refractivity contribution in [1.82, 2.24) is 24.5 Å². The second kappa shape index (κ2) is 7.98. The van der Waals surface area contributed by atoms with Crippen molar-refractivity contribution in [3.63, 3.8) is 0 Å². The smallest absolute Gasteiger partial charge is 0.150 e. The number of anilines is 1. The van der Waals surface area contributed by atoms with Crippen molar-refractivity contribution in [2.75, 3.05) is 31.3 Å². The van der Waals surface area contributed by atoms with Gasteiger partial charge in [-0.15, -0.1) is 0 Å². The number of aryl methyl sites for hydroxylation is 1. The zero-order valence-electron chi connectivity index (χ0n) is 17.5. The van der Waals surface area contributed by atoms with Crippen molar-refractivity contribution in [2.24, 2.45) is 7.05 Å². The summed E-state index contributed by atoms with van der Waals surface area (Å²) < 4.78 is 15.1. The molecule has 5 heterocycles. The number of aromatic nitrogens is 5. The highest BCUT2D eigenvalue weighted by Crippen LogP contribution is 2.32. The van der Waals surface area contributed by atoms with Gasteiger partial charge in [-0.1, -0.05) is 0 Å². The van der Waals surface area contributed by atoms with Crippen LogP contribution in [-0.4, -0.2) is 62.1 Å². The molecule has 0 radical (unpaired) electrons. The average molecular weight is 412 g/mol. The van der Waals surface area contributed by atoms with Crippen molar-refractivity contribution < 1.29 is 14.6 Å². The molecule has 0 spiro atoms. The van der Waals surface area contributed by atoms with Crippen molar-refractivity contribution in [3.05, 3.63) is 23.9 Å². The molecule has 2 aliphatic rings. The zero-order valence-corrected chi connectivity index (χ0v) is 17.5. The van der Waals surface area contributed by atoms with Gasteiger partial charge in [0.05, 0.1) is 31.4 Å². The van der Waals surface area contributed by atoms with Crippen molar-refractivity contribution in [3.8, 4) is 11.4 Å². The summed E-state index contributed by atoms with van der Waals surface area (Å²) in [5, 5.41) is 19.5. The number of aliphatic hydroxyl groups excluding tert-OH is 1. The van der Waals surface area contributed by atoms with E-state index in [4.69, 9.17) is 24.7 Å². The molecule has 3 aromatic heterocycles. The summed E-state index contributed by atoms with van der Waals surface area (Å²) in [6.45, 7) is 4.93. The molecule has 9 heteroatoms. The van der Waals surface area contributed by atoms with Crippen LogP contribution in [0.2, 0.25) is 0 Å². The maximum absolute atomic E-state index is 10.1. The minimum atomic E-state index is -0.0753. The first-order valence-corrected chi connectivity index (χ1v) is 10.6. The Labute approximate surface area is 175 Å². The van der Waals surface area contributed by atoms with Gasteiger partial charge in [-0.05, 0) is 38.3 Å². The largest absolute Gasteiger partial charge is 0.392 e. The van der Waals surface area contributed by atoms with Crippen LogP contribution in [0.1, 0.15) is 38.0 Å². The number of ether oxygens (including phenoxy) is 2. The van der Waals surface area contributed by atoms with Gasteiger partial charge in [-0.25, -0.2) is 9.67 Å². The van der Waals surface area contributed by atoms with E-state index in [0.717, 1.165) is 66.2 Å². The number of rotatable bonds is 4. The first-order chi connectivity index (χ1) is 14.7. The molecule has 0 aliphatic carbocycles. The third kappa shape index (κ3) is 3.36. The molecule has 0 amide bonds. The molecule has 2 saturated heterocycles. The highest BCUT2D eigenvalue weighted by atomic mass is 16.5. The fraction of sp³-hybridized carbons (Fsp3) is 0.571. The van der Waals surface area contributed by atoms with Crippen molar-refractivity contribution >= 4 is 16.9 Å². The number of morpholine rings is 1. The summed E-state index contributed by atoms with van der Waals surface area (Å²) in [4.78, 5) is 7.20. The highest BCUT2D eigenvalue weighted by Gasteiger charge is 2.25. The average Bonchev–Trinajstić information content (AvgIpc) is 3.39. The molecular formula is C21H28N6O3. The standard InChI is InChI=1S/C21H28N6O3/c1-14-13-29-10-8-26(14)17-11-15(12-28)21-20(22-17)19(24-25(21)2)16-6-7-27(23-16)18-5-3-4-9-30-18/h6-7,11,14,18,28H,3-5,8-10,12-13H2,1-2H3/t14-,18?/m1/s1. The number of aliphatic hydroxyl groups is 1. The molecule has 30 heavy (non-hydrogen) atoms. The number of pyridine rings is 1. The van der Waals surface area contributed by atoms with Gasteiger partial charge in [0.25, 0.3) is 0 Å². The van der Waals surface area contributed by atoms with E-state index >= 15 is 0 Å². The Hall–Kier alpha value is -2.49. The van der Waals surface area contributed by atoms with Gasteiger partial charge in [0.2, 0.25) is 0 Å². The van der Waals surface area contributed by atoms with Crippen molar-refractivity contribution in [1.29, 1.82) is 0 Å². The summed E-state index contributed by atoms with van der Waals surface area (Å²) in [5.74, 6) is 0.839. The summed E-state index contributed by atoms with van der Waals surface area (Å²) in [7, 11) is 1.88. The first kappa shape index (κ1) is 19.5. The van der Waals surface area contributed by atoms with Crippen LogP contribution in [0, 0.1) is 0 Å². The summed E-state index contributed by atoms with van der Waals surface area (Å²) in [5.41, 5.74) is 3.89. The SMILES string of the molecule is C[C@@H]1COCCN1c1cc(CO)c2c(n1)c(-c1ccn(C3CCCCO3)n1)nn2C. The molecule has 0 aromatic carbocycles. The van der Waals surface area contributed by atoms with E-state index in [9.17, 15) is 5.11 Å². The molecule has 9 nitrogen and oxygen atoms in total. The van der Waals surface area contributed by atoms with E-state index in [1.807, 2.05) is 30.1 Å². The van der Waals surface area contributed by atoms with Gasteiger partial charge >= 0.3 is 0 Å². The summed E-state index contributed by atoms with van der Waals surface area (Å²) in [6, 6.07) is 4.15. The molecule has 2 fully saturated rings. The first-order valence-electron chi connectivity index (χ1n) is 10.6. The minimum Gasteiger partial charge on any atom is -0.392 e. The lowest BCUT2D eigenvalue weighted by Gasteiger charge is -2.34. The predicted molar refractivity (Wildman–Crippen MR) is 112 cm³/mol. The Bertz CT molecular complexity index is 1040. The van der Waals surface area contributed by atoms with Crippen LogP contribution >= 0.6 is 0 Å². The van der Waals surface area contributed by atoms with E-state index in [0.29, 0.717) is 13.2 Å². The lowest BCUT2D eigenvalue weighted by Crippen LogP contribution is -2.44. The molecule has 2 aliphatic heterocycles. The van der Waals surface area contributed by atoms with E-state index in [2.05, 4.69) is 11.8 Å². The van der Waals surface area contributed by atoms with Gasteiger partial charge < -0.3 is 19.5 Å². The fourth-order valence-electron chi connectivity index (χ4n) is 4.41. The molecule has 3 aromatic rings. The van der Waals surface area contributed by atoms with Gasteiger partial charge in [0, 0.05) is 32.0 Å². The lowest BCUT2D eigenvalue weighted by molar-refractivity contribution is -0.0393. The van der Waals surface area contributed by atoms with Crippen LogP contribution in [0.4, 0.5) is 5.82 Å². The number of hydrogen-bond acceptors (Lipinski definition) is 7. The Balaban J connectivity index is 1.58. The summed E-state index contributed by atoms with van der Waals surface area (Å²) in [6.07, 6.45) is 5.15. The van der Waals surface area contributed by atoms with Crippen molar-refractivity contribution in [2.45, 2.75) is 45.1 Å². The Morgan fingerprint density at radius 2 is 2.13 bits per heavy atom. The van der Waals surface area contributed by atoms with Crippen LogP contribution in [0.5, 0.6) is 0 Å². The van der Waals surface area contributed by atoms with Gasteiger partial charge in [0.1, 0.15) is 29.0 Å². The third-order valence-electron chi connectivity index (χ3n) is 5.99. The van der Waals surface area contributed by atoms with Gasteiger partial charge in [-0.2, -0.15) is 10.2 Å². The molecule has 0 bridgehead atoms. The molecule has 1 N–H and O–H groups in total. The second-order valence-electron chi connectivity index (χ2n) is 8.09. The zero-order chi connectivity index (χ0) is 20.7. The van der Waals surface area contributed by atoms with Crippen LogP contribution in [0.25, 0.3) is 22.4 Å². The maximum Gasteiger partial charge on any atom is 0.150 e. The van der Waals surface area contributed by atoms with Gasteiger partial charge in [-0.3, -0.25) is 4.68 Å². The highest BCUT2D eigenvalue weighted by molar-refractivity contribution is 5.92. The van der Waals surface area contributed by atoms with Crippen LogP contribution in [0.3, 0.4) is 0 Å². The molecule has 2 atom stereocenters. The van der Waals surface area contributed by atoms with E-state index < -0.39 is 0 Å². The molecule has 160 valence electrons. The predicted octanol–water partition coefficient (Wildman–Crippen LogP) is 2.25. The molecule has 1 unspecified atom stereocenters. The maximum atomic E-state index is 10.1. The van der Waals surface area contributed by atoms with Crippen LogP contribution in [-0.2, 0) is 23.1 Å². The topological polar surface area (TPSA) is 90.5 Å². The number of fused-ring (bicyclic) bond motifs is 1. The second-order valence-corrected chi connectivity index (χ2v) is 8.09. The fourth-order valence-corrected chi connectivity index (χ4v) is 4.41. The molecule has 5 rings (SSSR count). The Morgan fingerprint density at radius 1 is 1.23 bits per heavy atom. The number of nitrogens with zero attached hydrogens (tertiary/aromatic N) is 6. The molecular weight excluding hydrogens is 384 g/mol. The third-order valence-corrected chi connectivity index (χ3v) is 5.99. The van der Waals surface area contributed by atoms with E-state index in [-0.39, 0.29) is 18.9 Å². The molecule has 0 saturated carbocycles. The normalized spacial score (nSPS) is 22.7. The summed E-state index contributed by atoms with van der Waals surface area (Å²) >= 11 is 0. The number of hydrogen-bond donors (Lipinski definition) is 1. The van der Waals surface area contributed by atoms with Gasteiger partial charge in [0.15, 0.2) is 0 Å².